The van der Waals surface area contributed by atoms with E-state index in [-0.39, 0.29) is 65.9 Å². The Morgan fingerprint density at radius 3 is 2.15 bits per heavy atom. The number of imide groups is 1. The highest BCUT2D eigenvalue weighted by molar-refractivity contribution is 6.02. The van der Waals surface area contributed by atoms with Gasteiger partial charge in [-0.3, -0.25) is 24.1 Å². The molecule has 0 aromatic carbocycles. The zero-order valence-electron chi connectivity index (χ0n) is 17.6. The number of rotatable bonds is 7. The van der Waals surface area contributed by atoms with Gasteiger partial charge in [-0.2, -0.15) is 0 Å². The molecule has 9 heteroatoms. The van der Waals surface area contributed by atoms with E-state index in [2.05, 4.69) is 31.8 Å². The molecule has 0 bridgehead atoms. The van der Waals surface area contributed by atoms with Crippen LogP contribution in [0.4, 0.5) is 0 Å². The third-order valence-electron chi connectivity index (χ3n) is 4.12. The molecule has 27 heavy (non-hydrogen) atoms. The lowest BCUT2D eigenvalue weighted by Gasteiger charge is -2.23. The zero-order chi connectivity index (χ0) is 20.5. The van der Waals surface area contributed by atoms with Gasteiger partial charge in [0, 0.05) is 51.7 Å². The van der Waals surface area contributed by atoms with Crippen molar-refractivity contribution >= 4 is 23.6 Å². The topological polar surface area (TPSA) is 95.6 Å². The number of nitrogens with zero attached hydrogens (tertiary/aromatic N) is 2. The van der Waals surface area contributed by atoms with Crippen LogP contribution in [-0.2, 0) is 19.2 Å². The van der Waals surface area contributed by atoms with Gasteiger partial charge < -0.3 is 39.1 Å². The fourth-order valence-electron chi connectivity index (χ4n) is 2.41. The van der Waals surface area contributed by atoms with Gasteiger partial charge in [0.15, 0.2) is 0 Å². The van der Waals surface area contributed by atoms with Crippen molar-refractivity contribution in [1.29, 1.82) is 0 Å². The maximum Gasteiger partial charge on any atom is 0.232 e. The lowest BCUT2D eigenvalue weighted by Crippen LogP contribution is -3.00. The third kappa shape index (κ3) is 12.0. The van der Waals surface area contributed by atoms with Crippen LogP contribution in [0.3, 0.4) is 0 Å². The van der Waals surface area contributed by atoms with Gasteiger partial charge in [0.2, 0.25) is 23.6 Å². The summed E-state index contributed by atoms with van der Waals surface area (Å²) < 4.78 is 0.893. The molecule has 158 valence electrons. The van der Waals surface area contributed by atoms with Crippen LogP contribution in [0.25, 0.3) is 0 Å². The van der Waals surface area contributed by atoms with Crippen molar-refractivity contribution in [1.82, 2.24) is 15.5 Å². The van der Waals surface area contributed by atoms with Crippen molar-refractivity contribution in [2.45, 2.75) is 33.1 Å². The number of carbonyl (C=O) groups is 4. The van der Waals surface area contributed by atoms with Crippen LogP contribution in [0.1, 0.15) is 33.1 Å². The molecule has 2 unspecified atom stereocenters. The second-order valence-corrected chi connectivity index (χ2v) is 7.83. The molecule has 1 rings (SSSR count). The average molecular weight is 498 g/mol. The largest absolute Gasteiger partial charge is 1.00 e. The number of amides is 4. The van der Waals surface area contributed by atoms with E-state index in [9.17, 15) is 19.2 Å². The Kier molecular flexibility index (Phi) is 13.5. The van der Waals surface area contributed by atoms with E-state index in [1.165, 1.54) is 11.9 Å². The second kappa shape index (κ2) is 13.0. The highest BCUT2D eigenvalue weighted by atomic mass is 127. The van der Waals surface area contributed by atoms with Crippen molar-refractivity contribution in [2.75, 3.05) is 48.3 Å². The summed E-state index contributed by atoms with van der Waals surface area (Å²) in [5.74, 6) is -0.623. The van der Waals surface area contributed by atoms with Crippen molar-refractivity contribution in [3.8, 4) is 0 Å². The first kappa shape index (κ1) is 28.0. The highest BCUT2D eigenvalue weighted by Gasteiger charge is 2.32. The predicted octanol–water partition coefficient (Wildman–Crippen LogP) is -3.01. The third-order valence-corrected chi connectivity index (χ3v) is 4.12. The fourth-order valence-corrected chi connectivity index (χ4v) is 2.41. The maximum absolute atomic E-state index is 11.5. The Morgan fingerprint density at radius 1 is 1.26 bits per heavy atom. The summed E-state index contributed by atoms with van der Waals surface area (Å²) in [6.07, 6.45) is 1.59. The first-order valence-electron chi connectivity index (χ1n) is 8.98. The van der Waals surface area contributed by atoms with Crippen molar-refractivity contribution in [2.24, 2.45) is 11.8 Å². The molecule has 0 aromatic rings. The van der Waals surface area contributed by atoms with Crippen molar-refractivity contribution in [3.05, 3.63) is 0 Å². The SMILES string of the molecule is CC1CC(=O)N(C)C1=O.CNC(=O)C(C)CC(=O)NCCC[N+](C)(C)C.[I-]. The van der Waals surface area contributed by atoms with Crippen LogP contribution in [0, 0.1) is 11.8 Å². The van der Waals surface area contributed by atoms with Crippen LogP contribution >= 0.6 is 0 Å². The number of likely N-dealkylation sites (tertiary alicyclic amines) is 1. The van der Waals surface area contributed by atoms with E-state index in [1.54, 1.807) is 20.9 Å². The Labute approximate surface area is 180 Å². The molecule has 2 atom stereocenters. The van der Waals surface area contributed by atoms with Crippen molar-refractivity contribution < 1.29 is 47.6 Å². The number of nitrogens with one attached hydrogen (secondary N) is 2. The summed E-state index contributed by atoms with van der Waals surface area (Å²) in [7, 11) is 9.46. The lowest BCUT2D eigenvalue weighted by atomic mass is 10.1. The molecule has 1 saturated heterocycles. The van der Waals surface area contributed by atoms with Crippen LogP contribution in [0.5, 0.6) is 0 Å². The number of halogens is 1. The van der Waals surface area contributed by atoms with E-state index in [1.807, 2.05) is 0 Å². The number of quaternary nitrogens is 1. The average Bonchev–Trinajstić information content (AvgIpc) is 2.76. The Morgan fingerprint density at radius 2 is 1.81 bits per heavy atom. The monoisotopic (exact) mass is 498 g/mol. The fraction of sp³-hybridized carbons (Fsp3) is 0.778. The molecule has 0 aliphatic carbocycles. The van der Waals surface area contributed by atoms with Crippen LogP contribution in [0.15, 0.2) is 0 Å². The van der Waals surface area contributed by atoms with Gasteiger partial charge in [-0.25, -0.2) is 0 Å². The summed E-state index contributed by atoms with van der Waals surface area (Å²) in [6.45, 7) is 5.22. The molecule has 0 aromatic heterocycles. The molecule has 1 heterocycles. The number of carbonyl (C=O) groups excluding carboxylic acids is 4. The van der Waals surface area contributed by atoms with Gasteiger partial charge in [-0.1, -0.05) is 13.8 Å². The van der Waals surface area contributed by atoms with Crippen LogP contribution in [0.2, 0.25) is 0 Å². The summed E-state index contributed by atoms with van der Waals surface area (Å²) in [5.41, 5.74) is 0. The summed E-state index contributed by atoms with van der Waals surface area (Å²) in [6, 6.07) is 0. The van der Waals surface area contributed by atoms with Crippen LogP contribution < -0.4 is 34.6 Å². The van der Waals surface area contributed by atoms with E-state index in [0.717, 1.165) is 17.4 Å². The van der Waals surface area contributed by atoms with Gasteiger partial charge in [0.05, 0.1) is 27.7 Å². The molecule has 0 spiro atoms. The molecule has 2 N–H and O–H groups in total. The molecule has 1 fully saturated rings. The molecule has 1 aliphatic rings. The predicted molar refractivity (Wildman–Crippen MR) is 99.9 cm³/mol. The normalized spacial score (nSPS) is 17.4. The molecule has 4 amide bonds. The summed E-state index contributed by atoms with van der Waals surface area (Å²) in [5, 5.41) is 5.37. The van der Waals surface area contributed by atoms with Gasteiger partial charge in [-0.05, 0) is 0 Å². The van der Waals surface area contributed by atoms with Gasteiger partial charge in [-0.15, -0.1) is 0 Å². The van der Waals surface area contributed by atoms with Gasteiger partial charge in [0.25, 0.3) is 0 Å². The second-order valence-electron chi connectivity index (χ2n) is 7.83. The first-order chi connectivity index (χ1) is 11.9. The molecule has 1 aliphatic heterocycles. The summed E-state index contributed by atoms with van der Waals surface area (Å²) in [4.78, 5) is 45.4. The summed E-state index contributed by atoms with van der Waals surface area (Å²) >= 11 is 0. The van der Waals surface area contributed by atoms with Crippen LogP contribution in [-0.4, -0.2) is 81.3 Å². The lowest BCUT2D eigenvalue weighted by molar-refractivity contribution is -0.870. The van der Waals surface area contributed by atoms with E-state index in [0.29, 0.717) is 13.0 Å². The molecule has 0 radical (unpaired) electrons. The minimum atomic E-state index is -0.265. The minimum Gasteiger partial charge on any atom is -1.00 e. The molecule has 0 saturated carbocycles. The van der Waals surface area contributed by atoms with Crippen molar-refractivity contribution in [3.63, 3.8) is 0 Å². The minimum absolute atomic E-state index is 0. The molecule has 8 nitrogen and oxygen atoms in total. The number of hydrogen-bond acceptors (Lipinski definition) is 4. The smallest absolute Gasteiger partial charge is 0.232 e. The Bertz CT molecular complexity index is 520. The maximum atomic E-state index is 11.5. The molecular weight excluding hydrogens is 463 g/mol. The highest BCUT2D eigenvalue weighted by Crippen LogP contribution is 2.15. The zero-order valence-corrected chi connectivity index (χ0v) is 19.8. The molecular formula is C18H35IN4O4. The standard InChI is InChI=1S/C12H25N3O2.C6H9NO2.HI/c1-10(12(17)13-2)9-11(16)14-7-6-8-15(3,4)5;1-4-3-5(8)7(2)6(4)9;/h10H,6-9H2,1-5H3,(H-,13,14,16,17);4H,3H2,1-2H3;1H. The quantitative estimate of drug-likeness (QED) is 0.169. The Hall–Kier alpha value is -1.23. The van der Waals surface area contributed by atoms with Gasteiger partial charge in [0.1, 0.15) is 0 Å². The first-order valence-corrected chi connectivity index (χ1v) is 8.98. The number of hydrogen-bond donors (Lipinski definition) is 2. The van der Waals surface area contributed by atoms with E-state index < -0.39 is 0 Å². The Balaban J connectivity index is 0. The van der Waals surface area contributed by atoms with Gasteiger partial charge >= 0.3 is 0 Å². The van der Waals surface area contributed by atoms with E-state index in [4.69, 9.17) is 0 Å². The van der Waals surface area contributed by atoms with E-state index >= 15 is 0 Å².